The van der Waals surface area contributed by atoms with E-state index in [0.717, 1.165) is 122 Å². The molecule has 2 aliphatic carbocycles. The molecule has 2 atom stereocenters. The largest absolute Gasteiger partial charge is 0.420 e. The summed E-state index contributed by atoms with van der Waals surface area (Å²) in [5.41, 5.74) is 2.60. The number of anilines is 1. The number of hydrogen-bond donors (Lipinski definition) is 3. The zero-order valence-electron chi connectivity index (χ0n) is 34.4. The van der Waals surface area contributed by atoms with E-state index in [1.54, 1.807) is 0 Å². The van der Waals surface area contributed by atoms with Gasteiger partial charge in [-0.3, -0.25) is 34.0 Å². The lowest BCUT2D eigenvalue weighted by atomic mass is 9.88. The van der Waals surface area contributed by atoms with Crippen LogP contribution in [0.2, 0.25) is 0 Å². The summed E-state index contributed by atoms with van der Waals surface area (Å²) in [6.45, 7) is 6.60. The predicted octanol–water partition coefficient (Wildman–Crippen LogP) is 4.05. The number of oxazole rings is 1. The Hall–Kier alpha value is -4.70. The smallest absolute Gasteiger partial charge is 0.408 e. The highest BCUT2D eigenvalue weighted by atomic mass is 19.1. The van der Waals surface area contributed by atoms with Crippen LogP contribution in [0.1, 0.15) is 119 Å². The van der Waals surface area contributed by atoms with Gasteiger partial charge in [-0.2, -0.15) is 0 Å². The van der Waals surface area contributed by atoms with Crippen LogP contribution in [0.3, 0.4) is 0 Å². The molecule has 4 aliphatic heterocycles. The number of halogens is 1. The molecule has 2 saturated carbocycles. The first kappa shape index (κ1) is 40.7. The molecule has 2 unspecified atom stereocenters. The lowest BCUT2D eigenvalue weighted by Gasteiger charge is -2.38. The van der Waals surface area contributed by atoms with E-state index in [0.29, 0.717) is 47.7 Å². The number of hydrogen-bond acceptors (Lipinski definition) is 11. The highest BCUT2D eigenvalue weighted by Gasteiger charge is 2.37. The summed E-state index contributed by atoms with van der Waals surface area (Å²) in [7, 11) is 0. The number of piperidine rings is 4. The summed E-state index contributed by atoms with van der Waals surface area (Å²) in [5.74, 6) is -0.0348. The van der Waals surface area contributed by atoms with Crippen molar-refractivity contribution in [2.45, 2.75) is 120 Å². The van der Waals surface area contributed by atoms with E-state index in [-0.39, 0.29) is 54.5 Å². The van der Waals surface area contributed by atoms with E-state index >= 15 is 0 Å². The second kappa shape index (κ2) is 17.7. The Balaban J connectivity index is 0.670. The summed E-state index contributed by atoms with van der Waals surface area (Å²) in [6, 6.07) is 5.40. The molecule has 16 heteroatoms. The Bertz CT molecular complexity index is 2130. The second-order valence-electron chi connectivity index (χ2n) is 18.3. The van der Waals surface area contributed by atoms with E-state index in [1.807, 2.05) is 23.1 Å². The van der Waals surface area contributed by atoms with Crippen molar-refractivity contribution < 1.29 is 28.0 Å². The maximum atomic E-state index is 14.9. The second-order valence-corrected chi connectivity index (χ2v) is 18.3. The van der Waals surface area contributed by atoms with Crippen molar-refractivity contribution in [3.63, 3.8) is 0 Å². The third-order valence-electron chi connectivity index (χ3n) is 14.1. The first-order chi connectivity index (χ1) is 29.1. The van der Waals surface area contributed by atoms with Gasteiger partial charge in [-0.25, -0.2) is 19.2 Å². The molecular formula is C44H58FN9O6. The van der Waals surface area contributed by atoms with Gasteiger partial charge in [-0.1, -0.05) is 6.07 Å². The summed E-state index contributed by atoms with van der Waals surface area (Å²) < 4.78 is 21.9. The van der Waals surface area contributed by atoms with E-state index in [2.05, 4.69) is 35.7 Å². The number of likely N-dealkylation sites (tertiary alicyclic amines) is 3. The van der Waals surface area contributed by atoms with Crippen molar-refractivity contribution in [1.29, 1.82) is 0 Å². The van der Waals surface area contributed by atoms with Crippen LogP contribution in [0.15, 0.2) is 33.6 Å². The van der Waals surface area contributed by atoms with E-state index in [4.69, 9.17) is 4.42 Å². The quantitative estimate of drug-likeness (QED) is 0.238. The number of amides is 4. The molecule has 322 valence electrons. The summed E-state index contributed by atoms with van der Waals surface area (Å²) in [6.07, 6.45) is 13.0. The number of nitrogens with one attached hydrogen (secondary N) is 3. The fourth-order valence-electron chi connectivity index (χ4n) is 10.4. The molecule has 15 nitrogen and oxygen atoms in total. The number of imide groups is 1. The van der Waals surface area contributed by atoms with E-state index < -0.39 is 23.5 Å². The van der Waals surface area contributed by atoms with Gasteiger partial charge in [-0.15, -0.1) is 0 Å². The van der Waals surface area contributed by atoms with Gasteiger partial charge in [0.1, 0.15) is 6.04 Å². The van der Waals surface area contributed by atoms with Gasteiger partial charge in [0.2, 0.25) is 29.6 Å². The molecule has 60 heavy (non-hydrogen) atoms. The van der Waals surface area contributed by atoms with Crippen LogP contribution < -0.4 is 21.7 Å². The lowest BCUT2D eigenvalue weighted by molar-refractivity contribution is -0.136. The topological polar surface area (TPSA) is 175 Å². The number of fused-ring (bicyclic) bond motifs is 1. The minimum absolute atomic E-state index is 0.0881. The molecule has 9 rings (SSSR count). The van der Waals surface area contributed by atoms with Crippen molar-refractivity contribution in [2.75, 3.05) is 57.7 Å². The molecule has 0 radical (unpaired) electrons. The Morgan fingerprint density at radius 2 is 1.60 bits per heavy atom. The molecule has 6 fully saturated rings. The van der Waals surface area contributed by atoms with Gasteiger partial charge in [-0.05, 0) is 139 Å². The first-order valence-electron chi connectivity index (χ1n) is 22.4. The Morgan fingerprint density at radius 1 is 0.850 bits per heavy atom. The predicted molar refractivity (Wildman–Crippen MR) is 221 cm³/mol. The maximum Gasteiger partial charge on any atom is 0.420 e. The third-order valence-corrected chi connectivity index (χ3v) is 14.1. The van der Waals surface area contributed by atoms with Crippen molar-refractivity contribution in [2.24, 2.45) is 11.8 Å². The van der Waals surface area contributed by atoms with Gasteiger partial charge in [0.05, 0.1) is 24.0 Å². The highest BCUT2D eigenvalue weighted by molar-refractivity contribution is 6.00. The fraction of sp³-hybridized carbons (Fsp3) is 0.659. The monoisotopic (exact) mass is 827 g/mol. The van der Waals surface area contributed by atoms with Crippen LogP contribution in [0.4, 0.5) is 10.3 Å². The minimum Gasteiger partial charge on any atom is -0.408 e. The standard InChI is InChI=1S/C44H58FN9O6/c45-34-23-46-43(50-40(34)31-2-1-17-53(25-31)42(58)29-3-4-29)48-33-8-6-32(7-9-33)47-39(56)26-52-18-13-27(14-19-52)24-51-20-15-28(16-21-51)30-5-10-35-37(22-30)60-44(59)54(35)36-11-12-38(55)49-41(36)57/h5,10,22-23,27-29,31-33,36H,1-4,6-9,11-21,24-26H2,(H,47,56)(H,46,48,50)(H,49,55,57)/t31?,32-,33-,36?. The van der Waals surface area contributed by atoms with Gasteiger partial charge in [0, 0.05) is 50.0 Å². The summed E-state index contributed by atoms with van der Waals surface area (Å²) >= 11 is 0. The Kier molecular flexibility index (Phi) is 12.0. The fourth-order valence-corrected chi connectivity index (χ4v) is 10.4. The normalized spacial score (nSPS) is 26.6. The number of benzene rings is 1. The summed E-state index contributed by atoms with van der Waals surface area (Å²) in [4.78, 5) is 78.2. The first-order valence-corrected chi connectivity index (χ1v) is 22.4. The zero-order chi connectivity index (χ0) is 41.3. The van der Waals surface area contributed by atoms with Crippen LogP contribution >= 0.6 is 0 Å². The van der Waals surface area contributed by atoms with Crippen molar-refractivity contribution in [3.05, 3.63) is 52.0 Å². The van der Waals surface area contributed by atoms with Gasteiger partial charge >= 0.3 is 5.76 Å². The zero-order valence-corrected chi connectivity index (χ0v) is 34.4. The summed E-state index contributed by atoms with van der Waals surface area (Å²) in [5, 5.41) is 9.04. The molecule has 0 bridgehead atoms. The van der Waals surface area contributed by atoms with Crippen LogP contribution in [-0.4, -0.2) is 117 Å². The van der Waals surface area contributed by atoms with E-state index in [1.165, 1.54) is 10.8 Å². The Morgan fingerprint density at radius 3 is 2.35 bits per heavy atom. The van der Waals surface area contributed by atoms with Crippen molar-refractivity contribution >= 4 is 40.7 Å². The molecule has 4 saturated heterocycles. The molecule has 2 aromatic heterocycles. The van der Waals surface area contributed by atoms with E-state index in [9.17, 15) is 28.4 Å². The van der Waals surface area contributed by atoms with Crippen LogP contribution in [0, 0.1) is 17.7 Å². The SMILES string of the molecule is O=C1CCC(n2c(=O)oc3cc(C4CCN(CC5CCN(CC(=O)N[C@H]6CC[C@H](Nc7ncc(F)c(C8CCCN(C(=O)C9CC9)C8)n7)CC6)CC5)CC4)ccc32)C(=O)N1. The molecule has 1 aromatic carbocycles. The van der Waals surface area contributed by atoms with Crippen molar-refractivity contribution in [3.8, 4) is 0 Å². The highest BCUT2D eigenvalue weighted by Crippen LogP contribution is 2.36. The van der Waals surface area contributed by atoms with Gasteiger partial charge in [0.15, 0.2) is 11.4 Å². The van der Waals surface area contributed by atoms with Gasteiger partial charge in [0.25, 0.3) is 0 Å². The van der Waals surface area contributed by atoms with Crippen LogP contribution in [-0.2, 0) is 19.2 Å². The average molecular weight is 828 g/mol. The van der Waals surface area contributed by atoms with Crippen molar-refractivity contribution in [1.82, 2.24) is 39.9 Å². The van der Waals surface area contributed by atoms with Crippen LogP contribution in [0.25, 0.3) is 11.1 Å². The lowest BCUT2D eigenvalue weighted by Crippen LogP contribution is -2.47. The Labute approximate surface area is 349 Å². The number of carbonyl (C=O) groups is 4. The third kappa shape index (κ3) is 9.29. The number of carbonyl (C=O) groups excluding carboxylic acids is 4. The average Bonchev–Trinajstić information content (AvgIpc) is 4.05. The molecule has 6 heterocycles. The number of nitrogens with zero attached hydrogens (tertiary/aromatic N) is 6. The minimum atomic E-state index is -0.748. The number of rotatable bonds is 11. The number of aromatic nitrogens is 3. The molecule has 6 aliphatic rings. The van der Waals surface area contributed by atoms with Gasteiger partial charge < -0.3 is 24.9 Å². The molecule has 0 spiro atoms. The molecule has 3 N–H and O–H groups in total. The maximum absolute atomic E-state index is 14.9. The van der Waals surface area contributed by atoms with Crippen LogP contribution in [0.5, 0.6) is 0 Å². The molecule has 3 aromatic rings. The molecular weight excluding hydrogens is 770 g/mol. The molecule has 4 amide bonds.